The lowest BCUT2D eigenvalue weighted by Gasteiger charge is -2.38. The molecule has 2 aromatic rings. The van der Waals surface area contributed by atoms with E-state index in [1.807, 2.05) is 32.7 Å². The number of thioether (sulfide) groups is 1. The predicted octanol–water partition coefficient (Wildman–Crippen LogP) is 3.31. The van der Waals surface area contributed by atoms with Crippen molar-refractivity contribution >= 4 is 51.5 Å². The molecule has 0 spiro atoms. The van der Waals surface area contributed by atoms with Gasteiger partial charge >= 0.3 is 11.4 Å². The molecule has 134 valence electrons. The van der Waals surface area contributed by atoms with Gasteiger partial charge in [0.15, 0.2) is 4.87 Å². The van der Waals surface area contributed by atoms with Gasteiger partial charge in [-0.1, -0.05) is 47.2 Å². The summed E-state index contributed by atoms with van der Waals surface area (Å²) in [5.41, 5.74) is -0.880. The van der Waals surface area contributed by atoms with E-state index in [0.29, 0.717) is 9.34 Å². The van der Waals surface area contributed by atoms with Gasteiger partial charge in [-0.15, -0.1) is 4.74 Å². The van der Waals surface area contributed by atoms with Gasteiger partial charge in [-0.25, -0.2) is 9.59 Å². The van der Waals surface area contributed by atoms with Crippen molar-refractivity contribution in [1.82, 2.24) is 14.2 Å². The molecule has 3 rings (SSSR count). The molecule has 1 aliphatic heterocycles. The summed E-state index contributed by atoms with van der Waals surface area (Å²) in [5, 5.41) is 0.564. The fourth-order valence-corrected chi connectivity index (χ4v) is 4.93. The van der Waals surface area contributed by atoms with Crippen molar-refractivity contribution in [3.63, 3.8) is 0 Å². The van der Waals surface area contributed by atoms with Gasteiger partial charge in [0.05, 0.1) is 21.3 Å². The summed E-state index contributed by atoms with van der Waals surface area (Å²) in [7, 11) is 1.85. The fraction of sp³-hybridized carbons (Fsp3) is 0.400. The Morgan fingerprint density at radius 1 is 1.16 bits per heavy atom. The molecule has 1 saturated heterocycles. The zero-order valence-electron chi connectivity index (χ0n) is 13.9. The summed E-state index contributed by atoms with van der Waals surface area (Å²) in [5.74, 6) is -0.804. The van der Waals surface area contributed by atoms with E-state index in [0.717, 1.165) is 9.31 Å². The Hall–Kier alpha value is -1.22. The minimum absolute atomic E-state index is 0.237. The molecular formula is C15H15Cl2N3O3S2. The van der Waals surface area contributed by atoms with Crippen LogP contribution in [-0.2, 0) is 4.87 Å². The van der Waals surface area contributed by atoms with E-state index in [-0.39, 0.29) is 10.7 Å². The average molecular weight is 420 g/mol. The smallest absolute Gasteiger partial charge is 0.352 e. The second-order valence-corrected chi connectivity index (χ2v) is 9.18. The fourth-order valence-electron chi connectivity index (χ4n) is 2.63. The normalized spacial score (nSPS) is 22.6. The van der Waals surface area contributed by atoms with Crippen LogP contribution in [0.3, 0.4) is 0 Å². The molecule has 25 heavy (non-hydrogen) atoms. The van der Waals surface area contributed by atoms with Crippen molar-refractivity contribution in [2.75, 3.05) is 7.05 Å². The van der Waals surface area contributed by atoms with Crippen molar-refractivity contribution in [3.8, 4) is 5.69 Å². The second kappa shape index (κ2) is 5.90. The van der Waals surface area contributed by atoms with Crippen LogP contribution in [0.4, 0.5) is 0 Å². The van der Waals surface area contributed by atoms with Crippen molar-refractivity contribution < 1.29 is 4.52 Å². The third-order valence-corrected chi connectivity index (χ3v) is 7.57. The number of thiocarbonyl (C=S) groups is 1. The zero-order valence-corrected chi connectivity index (χ0v) is 17.0. The van der Waals surface area contributed by atoms with Crippen molar-refractivity contribution in [3.05, 3.63) is 49.3 Å². The molecule has 0 amide bonds. The number of halogens is 2. The van der Waals surface area contributed by atoms with E-state index in [9.17, 15) is 9.59 Å². The maximum atomic E-state index is 13.0. The molecular weight excluding hydrogens is 405 g/mol. The summed E-state index contributed by atoms with van der Waals surface area (Å²) in [6, 6.07) is 4.49. The van der Waals surface area contributed by atoms with Gasteiger partial charge in [-0.3, -0.25) is 0 Å². The molecule has 0 aliphatic carbocycles. The Morgan fingerprint density at radius 3 is 2.32 bits per heavy atom. The predicted molar refractivity (Wildman–Crippen MR) is 104 cm³/mol. The number of hydrogen-bond donors (Lipinski definition) is 0. The molecule has 6 nitrogen and oxygen atoms in total. The van der Waals surface area contributed by atoms with Gasteiger partial charge in [0, 0.05) is 7.05 Å². The highest BCUT2D eigenvalue weighted by molar-refractivity contribution is 8.23. The quantitative estimate of drug-likeness (QED) is 0.695. The van der Waals surface area contributed by atoms with Gasteiger partial charge in [-0.2, -0.15) is 4.57 Å². The van der Waals surface area contributed by atoms with Crippen LogP contribution in [0.5, 0.6) is 0 Å². The van der Waals surface area contributed by atoms with Crippen LogP contribution in [0, 0.1) is 0 Å². The van der Waals surface area contributed by atoms with E-state index in [1.54, 1.807) is 0 Å². The Morgan fingerprint density at radius 2 is 1.80 bits per heavy atom. The Labute approximate surface area is 163 Å². The van der Waals surface area contributed by atoms with Crippen molar-refractivity contribution in [1.29, 1.82) is 0 Å². The van der Waals surface area contributed by atoms with Crippen LogP contribution < -0.4 is 11.4 Å². The number of likely N-dealkylation sites (N-methyl/N-ethyl adjacent to an activating group) is 1. The summed E-state index contributed by atoms with van der Waals surface area (Å²) < 4.78 is 7.94. The van der Waals surface area contributed by atoms with E-state index in [1.165, 1.54) is 30.0 Å². The maximum Gasteiger partial charge on any atom is 0.447 e. The number of nitrogens with zero attached hydrogens (tertiary/aromatic N) is 3. The number of benzene rings is 1. The van der Waals surface area contributed by atoms with Gasteiger partial charge in [0.1, 0.15) is 4.32 Å². The van der Waals surface area contributed by atoms with Crippen LogP contribution >= 0.6 is 47.2 Å². The highest BCUT2D eigenvalue weighted by Gasteiger charge is 2.56. The molecule has 1 aliphatic rings. The van der Waals surface area contributed by atoms with Crippen molar-refractivity contribution in [2.45, 2.75) is 31.2 Å². The minimum Gasteiger partial charge on any atom is -0.352 e. The van der Waals surface area contributed by atoms with Crippen LogP contribution in [-0.4, -0.2) is 31.1 Å². The van der Waals surface area contributed by atoms with Crippen LogP contribution in [0.2, 0.25) is 10.0 Å². The Kier molecular flexibility index (Phi) is 4.39. The van der Waals surface area contributed by atoms with E-state index in [2.05, 4.69) is 0 Å². The lowest BCUT2D eigenvalue weighted by Crippen LogP contribution is -2.53. The molecule has 1 atom stereocenters. The second-order valence-electron chi connectivity index (χ2n) is 6.34. The standard InChI is InChI=1S/C15H15Cl2N3O3S2/c1-14(2)15(3,25-13(24)18(14)4)20-11(21)19(12(22)23-20)8-5-6-9(16)10(17)7-8/h5-7H,1-4H3/t15-/m0/s1. The highest BCUT2D eigenvalue weighted by atomic mass is 35.5. The Balaban J connectivity index is 2.22. The topological polar surface area (TPSA) is 60.4 Å². The number of aromatic nitrogens is 2. The monoisotopic (exact) mass is 419 g/mol. The zero-order chi connectivity index (χ0) is 18.7. The lowest BCUT2D eigenvalue weighted by atomic mass is 9.94. The molecule has 1 aromatic carbocycles. The third kappa shape index (κ3) is 2.58. The van der Waals surface area contributed by atoms with Gasteiger partial charge in [0.2, 0.25) is 0 Å². The molecule has 10 heteroatoms. The molecule has 1 aromatic heterocycles. The van der Waals surface area contributed by atoms with Crippen LogP contribution in [0.25, 0.3) is 5.69 Å². The first-order valence-electron chi connectivity index (χ1n) is 7.29. The molecule has 0 N–H and O–H groups in total. The van der Waals surface area contributed by atoms with Crippen LogP contribution in [0.15, 0.2) is 32.3 Å². The van der Waals surface area contributed by atoms with E-state index < -0.39 is 21.9 Å². The molecule has 0 unspecified atom stereocenters. The maximum absolute atomic E-state index is 13.0. The molecule has 0 bridgehead atoms. The van der Waals surface area contributed by atoms with Crippen molar-refractivity contribution in [2.24, 2.45) is 0 Å². The molecule has 2 heterocycles. The summed E-state index contributed by atoms with van der Waals surface area (Å²) in [4.78, 5) is 26.3. The third-order valence-electron chi connectivity index (χ3n) is 4.80. The average Bonchev–Trinajstić information content (AvgIpc) is 2.91. The molecule has 0 saturated carbocycles. The lowest BCUT2D eigenvalue weighted by molar-refractivity contribution is 0.0797. The SMILES string of the molecule is CN1C(=S)S[C@](C)(n2oc(=O)n(-c3ccc(Cl)c(Cl)c3)c2=O)C1(C)C. The van der Waals surface area contributed by atoms with Gasteiger partial charge < -0.3 is 9.42 Å². The first kappa shape index (κ1) is 18.6. The molecule has 0 radical (unpaired) electrons. The van der Waals surface area contributed by atoms with E-state index in [4.69, 9.17) is 39.9 Å². The minimum atomic E-state index is -0.892. The van der Waals surface area contributed by atoms with Gasteiger partial charge in [-0.05, 0) is 39.0 Å². The summed E-state index contributed by atoms with van der Waals surface area (Å²) >= 11 is 18.6. The van der Waals surface area contributed by atoms with Crippen LogP contribution in [0.1, 0.15) is 20.8 Å². The highest BCUT2D eigenvalue weighted by Crippen LogP contribution is 2.50. The number of rotatable bonds is 2. The molecule has 1 fully saturated rings. The number of hydrogen-bond acceptors (Lipinski definition) is 5. The first-order valence-corrected chi connectivity index (χ1v) is 9.27. The Bertz CT molecular complexity index is 995. The van der Waals surface area contributed by atoms with Gasteiger partial charge in [0.25, 0.3) is 0 Å². The van der Waals surface area contributed by atoms with E-state index >= 15 is 0 Å². The summed E-state index contributed by atoms with van der Waals surface area (Å²) in [6.45, 7) is 5.68. The summed E-state index contributed by atoms with van der Waals surface area (Å²) in [6.07, 6.45) is 0. The first-order chi connectivity index (χ1) is 11.5. The largest absolute Gasteiger partial charge is 0.447 e.